The third-order valence-corrected chi connectivity index (χ3v) is 4.16. The van der Waals surface area contributed by atoms with Crippen LogP contribution in [0.4, 0.5) is 0 Å². The van der Waals surface area contributed by atoms with Crippen LogP contribution < -0.4 is 5.32 Å². The zero-order valence-corrected chi connectivity index (χ0v) is 11.6. The molecule has 2 N–H and O–H groups in total. The second-order valence-electron chi connectivity index (χ2n) is 5.63. The number of rotatable bonds is 5. The van der Waals surface area contributed by atoms with Gasteiger partial charge in [-0.2, -0.15) is 0 Å². The maximum atomic E-state index is 10.3. The molecule has 2 rings (SSSR count). The molecule has 0 amide bonds. The highest BCUT2D eigenvalue weighted by Crippen LogP contribution is 2.29. The Balaban J connectivity index is 1.88. The number of benzene rings is 1. The van der Waals surface area contributed by atoms with Gasteiger partial charge in [0.05, 0.1) is 5.60 Å². The molecule has 1 aliphatic rings. The standard InChI is InChI=1S/C16H25NO/c1-3-14-6-8-15(9-7-14)13(2)17-12-16(18)10-4-5-11-16/h6-9,13,17-18H,3-5,10-12H2,1-2H3. The first-order valence-corrected chi connectivity index (χ1v) is 7.17. The summed E-state index contributed by atoms with van der Waals surface area (Å²) in [5, 5.41) is 13.8. The van der Waals surface area contributed by atoms with Crippen LogP contribution in [0.25, 0.3) is 0 Å². The average Bonchev–Trinajstić information content (AvgIpc) is 2.83. The topological polar surface area (TPSA) is 32.3 Å². The lowest BCUT2D eigenvalue weighted by Gasteiger charge is -2.25. The predicted molar refractivity (Wildman–Crippen MR) is 75.7 cm³/mol. The summed E-state index contributed by atoms with van der Waals surface area (Å²) in [6, 6.07) is 9.07. The molecule has 0 saturated heterocycles. The first-order chi connectivity index (χ1) is 8.63. The smallest absolute Gasteiger partial charge is 0.0771 e. The molecule has 0 radical (unpaired) electrons. The van der Waals surface area contributed by atoms with Crippen LogP contribution in [0.5, 0.6) is 0 Å². The van der Waals surface area contributed by atoms with E-state index in [9.17, 15) is 5.11 Å². The third kappa shape index (κ3) is 3.33. The molecule has 1 fully saturated rings. The van der Waals surface area contributed by atoms with Gasteiger partial charge in [-0.3, -0.25) is 0 Å². The van der Waals surface area contributed by atoms with Gasteiger partial charge in [0.15, 0.2) is 0 Å². The largest absolute Gasteiger partial charge is 0.389 e. The summed E-state index contributed by atoms with van der Waals surface area (Å²) in [4.78, 5) is 0. The molecule has 1 aromatic rings. The lowest BCUT2D eigenvalue weighted by Crippen LogP contribution is -2.39. The van der Waals surface area contributed by atoms with E-state index in [1.54, 1.807) is 0 Å². The summed E-state index contributed by atoms with van der Waals surface area (Å²) >= 11 is 0. The fourth-order valence-corrected chi connectivity index (χ4v) is 2.71. The lowest BCUT2D eigenvalue weighted by atomic mass is 10.0. The van der Waals surface area contributed by atoms with E-state index < -0.39 is 5.60 Å². The maximum Gasteiger partial charge on any atom is 0.0771 e. The zero-order valence-electron chi connectivity index (χ0n) is 11.6. The Labute approximate surface area is 110 Å². The van der Waals surface area contributed by atoms with Crippen molar-refractivity contribution in [2.24, 2.45) is 0 Å². The minimum atomic E-state index is -0.461. The van der Waals surface area contributed by atoms with Crippen molar-refractivity contribution in [3.63, 3.8) is 0 Å². The summed E-state index contributed by atoms with van der Waals surface area (Å²) in [6.07, 6.45) is 5.31. The fourth-order valence-electron chi connectivity index (χ4n) is 2.71. The quantitative estimate of drug-likeness (QED) is 0.837. The van der Waals surface area contributed by atoms with Crippen LogP contribution in [-0.4, -0.2) is 17.3 Å². The highest BCUT2D eigenvalue weighted by molar-refractivity contribution is 5.24. The van der Waals surface area contributed by atoms with E-state index in [0.29, 0.717) is 12.6 Å². The Bertz CT molecular complexity index is 365. The fraction of sp³-hybridized carbons (Fsp3) is 0.625. The predicted octanol–water partition coefficient (Wildman–Crippen LogP) is 3.20. The second-order valence-corrected chi connectivity index (χ2v) is 5.63. The summed E-state index contributed by atoms with van der Waals surface area (Å²) in [5.41, 5.74) is 2.21. The van der Waals surface area contributed by atoms with Crippen LogP contribution in [0.3, 0.4) is 0 Å². The molecule has 18 heavy (non-hydrogen) atoms. The van der Waals surface area contributed by atoms with Crippen LogP contribution in [0.2, 0.25) is 0 Å². The minimum absolute atomic E-state index is 0.306. The van der Waals surface area contributed by atoms with Crippen LogP contribution in [-0.2, 0) is 6.42 Å². The first-order valence-electron chi connectivity index (χ1n) is 7.17. The van der Waals surface area contributed by atoms with Crippen molar-refractivity contribution in [2.45, 2.75) is 57.6 Å². The second kappa shape index (κ2) is 5.85. The molecule has 0 spiro atoms. The maximum absolute atomic E-state index is 10.3. The molecular formula is C16H25NO. The van der Waals surface area contributed by atoms with E-state index in [1.165, 1.54) is 11.1 Å². The van der Waals surface area contributed by atoms with Gasteiger partial charge in [-0.1, -0.05) is 44.0 Å². The Kier molecular flexibility index (Phi) is 4.41. The van der Waals surface area contributed by atoms with E-state index in [4.69, 9.17) is 0 Å². The Morgan fingerprint density at radius 1 is 1.22 bits per heavy atom. The van der Waals surface area contributed by atoms with Gasteiger partial charge < -0.3 is 10.4 Å². The lowest BCUT2D eigenvalue weighted by molar-refractivity contribution is 0.0453. The van der Waals surface area contributed by atoms with Crippen LogP contribution >= 0.6 is 0 Å². The van der Waals surface area contributed by atoms with Crippen LogP contribution in [0, 0.1) is 0 Å². The van der Waals surface area contributed by atoms with Crippen molar-refractivity contribution < 1.29 is 5.11 Å². The monoisotopic (exact) mass is 247 g/mol. The van der Waals surface area contributed by atoms with Gasteiger partial charge >= 0.3 is 0 Å². The Morgan fingerprint density at radius 2 is 1.83 bits per heavy atom. The van der Waals surface area contributed by atoms with Gasteiger partial charge in [0, 0.05) is 12.6 Å². The van der Waals surface area contributed by atoms with E-state index in [2.05, 4.69) is 43.4 Å². The molecule has 100 valence electrons. The molecule has 2 heteroatoms. The van der Waals surface area contributed by atoms with Crippen molar-refractivity contribution in [1.29, 1.82) is 0 Å². The number of hydrogen-bond acceptors (Lipinski definition) is 2. The van der Waals surface area contributed by atoms with Gasteiger partial charge in [0.25, 0.3) is 0 Å². The number of nitrogens with one attached hydrogen (secondary N) is 1. The molecule has 1 aliphatic carbocycles. The molecule has 1 unspecified atom stereocenters. The highest BCUT2D eigenvalue weighted by Gasteiger charge is 2.30. The summed E-state index contributed by atoms with van der Waals surface area (Å²) in [6.45, 7) is 5.05. The number of aliphatic hydroxyl groups is 1. The van der Waals surface area contributed by atoms with Crippen LogP contribution in [0.1, 0.15) is 56.7 Å². The molecular weight excluding hydrogens is 222 g/mol. The third-order valence-electron chi connectivity index (χ3n) is 4.16. The molecule has 0 aromatic heterocycles. The average molecular weight is 247 g/mol. The Hall–Kier alpha value is -0.860. The molecule has 2 nitrogen and oxygen atoms in total. The van der Waals surface area contributed by atoms with E-state index in [0.717, 1.165) is 32.1 Å². The molecule has 1 atom stereocenters. The van der Waals surface area contributed by atoms with Gasteiger partial charge in [0.2, 0.25) is 0 Å². The minimum Gasteiger partial charge on any atom is -0.389 e. The SMILES string of the molecule is CCc1ccc(C(C)NCC2(O)CCCC2)cc1. The highest BCUT2D eigenvalue weighted by atomic mass is 16.3. The first kappa shape index (κ1) is 13.6. The number of aryl methyl sites for hydroxylation is 1. The van der Waals surface area contributed by atoms with Gasteiger partial charge in [-0.15, -0.1) is 0 Å². The van der Waals surface area contributed by atoms with Crippen molar-refractivity contribution in [1.82, 2.24) is 5.32 Å². The van der Waals surface area contributed by atoms with E-state index in [-0.39, 0.29) is 0 Å². The Morgan fingerprint density at radius 3 is 2.39 bits per heavy atom. The summed E-state index contributed by atoms with van der Waals surface area (Å²) in [5.74, 6) is 0. The van der Waals surface area contributed by atoms with Crippen molar-refractivity contribution >= 4 is 0 Å². The van der Waals surface area contributed by atoms with Crippen molar-refractivity contribution in [3.05, 3.63) is 35.4 Å². The zero-order chi connectivity index (χ0) is 13.0. The summed E-state index contributed by atoms with van der Waals surface area (Å²) < 4.78 is 0. The van der Waals surface area contributed by atoms with Crippen molar-refractivity contribution in [2.75, 3.05) is 6.54 Å². The summed E-state index contributed by atoms with van der Waals surface area (Å²) in [7, 11) is 0. The normalized spacial score (nSPS) is 19.9. The van der Waals surface area contributed by atoms with Gasteiger partial charge in [0.1, 0.15) is 0 Å². The van der Waals surface area contributed by atoms with Gasteiger partial charge in [-0.05, 0) is 37.3 Å². The molecule has 0 bridgehead atoms. The molecule has 0 aliphatic heterocycles. The van der Waals surface area contributed by atoms with Crippen LogP contribution in [0.15, 0.2) is 24.3 Å². The number of hydrogen-bond donors (Lipinski definition) is 2. The van der Waals surface area contributed by atoms with Gasteiger partial charge in [-0.25, -0.2) is 0 Å². The molecule has 1 saturated carbocycles. The molecule has 0 heterocycles. The van der Waals surface area contributed by atoms with E-state index in [1.807, 2.05) is 0 Å². The molecule has 1 aromatic carbocycles. The van der Waals surface area contributed by atoms with E-state index >= 15 is 0 Å². The van der Waals surface area contributed by atoms with Crippen molar-refractivity contribution in [3.8, 4) is 0 Å².